The summed E-state index contributed by atoms with van der Waals surface area (Å²) in [6.45, 7) is 0.294. The molecule has 0 aliphatic rings. The summed E-state index contributed by atoms with van der Waals surface area (Å²) in [7, 11) is 0. The summed E-state index contributed by atoms with van der Waals surface area (Å²) in [4.78, 5) is 21.6. The standard InChI is InChI=1S/C23H17ClN4O2/c24-20-8-4-7-18(13-20)23(29)27(12-11-25)21-9-10-22-19(14-21)15-26-28(22)30-16-17-5-2-1-3-6-17/h1-10,13-15H,12,16H2. The molecule has 7 heteroatoms. The highest BCUT2D eigenvalue weighted by Gasteiger charge is 2.19. The zero-order valence-electron chi connectivity index (χ0n) is 15.9. The zero-order valence-corrected chi connectivity index (χ0v) is 16.7. The topological polar surface area (TPSA) is 71.2 Å². The van der Waals surface area contributed by atoms with E-state index in [1.165, 1.54) is 9.75 Å². The molecule has 0 saturated heterocycles. The van der Waals surface area contributed by atoms with Gasteiger partial charge in [-0.05, 0) is 42.0 Å². The summed E-state index contributed by atoms with van der Waals surface area (Å²) < 4.78 is 0. The van der Waals surface area contributed by atoms with Crippen LogP contribution in [0.3, 0.4) is 0 Å². The van der Waals surface area contributed by atoms with E-state index in [0.717, 1.165) is 16.5 Å². The summed E-state index contributed by atoms with van der Waals surface area (Å²) >= 11 is 6.01. The summed E-state index contributed by atoms with van der Waals surface area (Å²) in [6.07, 6.45) is 1.66. The smallest absolute Gasteiger partial charge is 0.259 e. The van der Waals surface area contributed by atoms with Crippen molar-refractivity contribution in [2.75, 3.05) is 11.4 Å². The molecule has 1 heterocycles. The minimum atomic E-state index is -0.300. The van der Waals surface area contributed by atoms with E-state index in [4.69, 9.17) is 16.4 Å². The molecule has 4 aromatic rings. The number of nitriles is 1. The Morgan fingerprint density at radius 1 is 1.10 bits per heavy atom. The van der Waals surface area contributed by atoms with Gasteiger partial charge in [-0.15, -0.1) is 5.10 Å². The van der Waals surface area contributed by atoms with Crippen molar-refractivity contribution in [1.82, 2.24) is 9.94 Å². The van der Waals surface area contributed by atoms with Crippen molar-refractivity contribution in [3.05, 3.63) is 95.1 Å². The van der Waals surface area contributed by atoms with Crippen LogP contribution in [0.4, 0.5) is 5.69 Å². The highest BCUT2D eigenvalue weighted by molar-refractivity contribution is 6.31. The van der Waals surface area contributed by atoms with E-state index in [-0.39, 0.29) is 12.5 Å². The van der Waals surface area contributed by atoms with E-state index in [9.17, 15) is 10.1 Å². The van der Waals surface area contributed by atoms with Crippen LogP contribution < -0.4 is 9.74 Å². The van der Waals surface area contributed by atoms with Crippen LogP contribution in [-0.2, 0) is 6.61 Å². The van der Waals surface area contributed by atoms with E-state index < -0.39 is 0 Å². The van der Waals surface area contributed by atoms with Gasteiger partial charge in [0.15, 0.2) is 0 Å². The Kier molecular flexibility index (Phi) is 5.64. The van der Waals surface area contributed by atoms with Crippen LogP contribution in [0.5, 0.6) is 0 Å². The minimum absolute atomic E-state index is 0.0878. The fraction of sp³-hybridized carbons (Fsp3) is 0.0870. The lowest BCUT2D eigenvalue weighted by molar-refractivity contribution is 0.0795. The van der Waals surface area contributed by atoms with Gasteiger partial charge in [-0.2, -0.15) is 5.26 Å². The minimum Gasteiger partial charge on any atom is -0.391 e. The number of nitrogens with zero attached hydrogens (tertiary/aromatic N) is 4. The van der Waals surface area contributed by atoms with Crippen LogP contribution in [0, 0.1) is 11.3 Å². The molecule has 0 bridgehead atoms. The lowest BCUT2D eigenvalue weighted by atomic mass is 10.1. The molecule has 0 fully saturated rings. The molecule has 4 rings (SSSR count). The molecule has 0 unspecified atom stereocenters. The van der Waals surface area contributed by atoms with Gasteiger partial charge in [-0.25, -0.2) is 0 Å². The van der Waals surface area contributed by atoms with E-state index in [1.54, 1.807) is 36.5 Å². The van der Waals surface area contributed by atoms with Gasteiger partial charge in [0.05, 0.1) is 12.3 Å². The first kappa shape index (κ1) is 19.5. The van der Waals surface area contributed by atoms with Gasteiger partial charge in [0, 0.05) is 21.7 Å². The molecule has 0 radical (unpaired) electrons. The van der Waals surface area contributed by atoms with Crippen molar-refractivity contribution in [1.29, 1.82) is 5.26 Å². The third-order valence-corrected chi connectivity index (χ3v) is 4.81. The third kappa shape index (κ3) is 4.12. The molecule has 0 N–H and O–H groups in total. The third-order valence-electron chi connectivity index (χ3n) is 4.57. The molecular weight excluding hydrogens is 400 g/mol. The van der Waals surface area contributed by atoms with Crippen LogP contribution in [0.25, 0.3) is 10.9 Å². The molecule has 0 atom stereocenters. The van der Waals surface area contributed by atoms with Crippen LogP contribution in [0.15, 0.2) is 79.0 Å². The van der Waals surface area contributed by atoms with Crippen molar-refractivity contribution in [2.45, 2.75) is 6.61 Å². The van der Waals surface area contributed by atoms with E-state index >= 15 is 0 Å². The lowest BCUT2D eigenvalue weighted by Crippen LogP contribution is -2.31. The largest absolute Gasteiger partial charge is 0.391 e. The van der Waals surface area contributed by atoms with Gasteiger partial charge in [-0.1, -0.05) is 52.8 Å². The number of aromatic nitrogens is 2. The number of hydrogen-bond acceptors (Lipinski definition) is 4. The highest BCUT2D eigenvalue weighted by atomic mass is 35.5. The lowest BCUT2D eigenvalue weighted by Gasteiger charge is -2.20. The number of benzene rings is 3. The summed E-state index contributed by atoms with van der Waals surface area (Å²) in [5.74, 6) is -0.300. The maximum absolute atomic E-state index is 13.0. The normalized spacial score (nSPS) is 10.5. The number of hydrogen-bond donors (Lipinski definition) is 0. The molecule has 0 saturated carbocycles. The first-order valence-corrected chi connectivity index (χ1v) is 9.63. The van der Waals surface area contributed by atoms with Gasteiger partial charge < -0.3 is 4.84 Å². The first-order valence-electron chi connectivity index (χ1n) is 9.25. The van der Waals surface area contributed by atoms with Crippen molar-refractivity contribution in [3.63, 3.8) is 0 Å². The fourth-order valence-corrected chi connectivity index (χ4v) is 3.30. The van der Waals surface area contributed by atoms with Gasteiger partial charge in [0.25, 0.3) is 5.91 Å². The van der Waals surface area contributed by atoms with E-state index in [1.807, 2.05) is 48.5 Å². The van der Waals surface area contributed by atoms with Crippen LogP contribution in [0.2, 0.25) is 5.02 Å². The van der Waals surface area contributed by atoms with Crippen LogP contribution >= 0.6 is 11.6 Å². The predicted octanol–water partition coefficient (Wildman–Crippen LogP) is 4.49. The van der Waals surface area contributed by atoms with Crippen LogP contribution in [-0.4, -0.2) is 22.4 Å². The fourth-order valence-electron chi connectivity index (χ4n) is 3.11. The maximum atomic E-state index is 13.0. The average molecular weight is 417 g/mol. The Balaban J connectivity index is 1.60. The Morgan fingerprint density at radius 3 is 2.70 bits per heavy atom. The highest BCUT2D eigenvalue weighted by Crippen LogP contribution is 2.24. The quantitative estimate of drug-likeness (QED) is 0.434. The molecule has 148 valence electrons. The average Bonchev–Trinajstić information content (AvgIpc) is 3.18. The maximum Gasteiger partial charge on any atom is 0.259 e. The first-order chi connectivity index (χ1) is 14.7. The molecule has 6 nitrogen and oxygen atoms in total. The number of anilines is 1. The second-order valence-corrected chi connectivity index (χ2v) is 7.02. The molecule has 1 aromatic heterocycles. The number of fused-ring (bicyclic) bond motifs is 1. The SMILES string of the molecule is N#CCN(C(=O)c1cccc(Cl)c1)c1ccc2c(cnn2OCc2ccccc2)c1. The Hall–Kier alpha value is -3.82. The Bertz CT molecular complexity index is 1230. The van der Waals surface area contributed by atoms with Gasteiger partial charge in [-0.3, -0.25) is 9.69 Å². The van der Waals surface area contributed by atoms with Crippen molar-refractivity contribution >= 4 is 34.1 Å². The van der Waals surface area contributed by atoms with Crippen molar-refractivity contribution in [3.8, 4) is 6.07 Å². The van der Waals surface area contributed by atoms with Gasteiger partial charge in [0.2, 0.25) is 0 Å². The summed E-state index contributed by atoms with van der Waals surface area (Å²) in [5, 5.41) is 14.8. The van der Waals surface area contributed by atoms with Crippen molar-refractivity contribution in [2.24, 2.45) is 0 Å². The van der Waals surface area contributed by atoms with Gasteiger partial charge in [0.1, 0.15) is 18.7 Å². The van der Waals surface area contributed by atoms with Crippen LogP contribution in [0.1, 0.15) is 15.9 Å². The number of halogens is 1. The Morgan fingerprint density at radius 2 is 1.93 bits per heavy atom. The second-order valence-electron chi connectivity index (χ2n) is 6.58. The number of amides is 1. The summed E-state index contributed by atoms with van der Waals surface area (Å²) in [6, 6.07) is 23.9. The van der Waals surface area contributed by atoms with E-state index in [2.05, 4.69) is 5.10 Å². The Labute approximate surface area is 178 Å². The molecular formula is C23H17ClN4O2. The molecule has 0 aliphatic carbocycles. The summed E-state index contributed by atoms with van der Waals surface area (Å²) in [5.41, 5.74) is 2.81. The zero-order chi connectivity index (χ0) is 20.9. The molecule has 1 amide bonds. The monoisotopic (exact) mass is 416 g/mol. The second kappa shape index (κ2) is 8.68. The molecule has 30 heavy (non-hydrogen) atoms. The number of carbonyl (C=O) groups is 1. The molecule has 0 spiro atoms. The molecule has 3 aromatic carbocycles. The predicted molar refractivity (Wildman–Crippen MR) is 115 cm³/mol. The number of carbonyl (C=O) groups excluding carboxylic acids is 1. The van der Waals surface area contributed by atoms with E-state index in [0.29, 0.717) is 22.9 Å². The van der Waals surface area contributed by atoms with Gasteiger partial charge >= 0.3 is 0 Å². The van der Waals surface area contributed by atoms with Crippen molar-refractivity contribution < 1.29 is 9.63 Å². The number of rotatable bonds is 6. The molecule has 0 aliphatic heterocycles.